The van der Waals surface area contributed by atoms with Crippen LogP contribution in [0.5, 0.6) is 0 Å². The Balaban J connectivity index is 2.06. The molecule has 0 atom stereocenters. The maximum Gasteiger partial charge on any atom is 0.274 e. The van der Waals surface area contributed by atoms with Crippen LogP contribution in [0.1, 0.15) is 30.3 Å². The van der Waals surface area contributed by atoms with Crippen molar-refractivity contribution in [2.75, 3.05) is 13.1 Å². The zero-order valence-electron chi connectivity index (χ0n) is 9.73. The van der Waals surface area contributed by atoms with E-state index in [9.17, 15) is 4.79 Å². The number of aromatic nitrogens is 4. The topological polar surface area (TPSA) is 75.1 Å². The van der Waals surface area contributed by atoms with Gasteiger partial charge in [-0.15, -0.1) is 0 Å². The molecule has 90 valence electrons. The molecule has 0 amide bonds. The number of hydrogen-bond acceptors (Lipinski definition) is 4. The molecule has 0 aliphatic carbocycles. The lowest BCUT2D eigenvalue weighted by Gasteiger charge is -2.19. The fourth-order valence-corrected chi connectivity index (χ4v) is 2.29. The summed E-state index contributed by atoms with van der Waals surface area (Å²) < 4.78 is 1.42. The first kappa shape index (κ1) is 10.5. The maximum absolute atomic E-state index is 11.7. The van der Waals surface area contributed by atoms with Gasteiger partial charge in [-0.1, -0.05) is 0 Å². The Morgan fingerprint density at radius 2 is 2.12 bits per heavy atom. The minimum absolute atomic E-state index is 0.0971. The quantitative estimate of drug-likeness (QED) is 0.737. The van der Waals surface area contributed by atoms with E-state index in [1.165, 1.54) is 10.6 Å². The minimum Gasteiger partial charge on any atom is -0.317 e. The molecule has 0 unspecified atom stereocenters. The monoisotopic (exact) mass is 233 g/mol. The second-order valence-electron chi connectivity index (χ2n) is 4.50. The molecule has 0 saturated carbocycles. The number of aromatic amines is 1. The Bertz CT molecular complexity index is 593. The molecule has 2 aromatic rings. The Labute approximate surface area is 98.1 Å². The number of piperidine rings is 1. The van der Waals surface area contributed by atoms with Gasteiger partial charge in [0.2, 0.25) is 0 Å². The number of rotatable bonds is 1. The molecule has 6 heteroatoms. The summed E-state index contributed by atoms with van der Waals surface area (Å²) in [5.74, 6) is 1.75. The average Bonchev–Trinajstić information content (AvgIpc) is 2.74. The fourth-order valence-electron chi connectivity index (χ4n) is 2.29. The van der Waals surface area contributed by atoms with Crippen molar-refractivity contribution < 1.29 is 0 Å². The van der Waals surface area contributed by atoms with Crippen LogP contribution in [0.4, 0.5) is 0 Å². The van der Waals surface area contributed by atoms with Crippen molar-refractivity contribution in [2.45, 2.75) is 25.7 Å². The SMILES string of the molecule is Cc1cc(=O)n2[nH]c(C3CCNCC3)nc2n1. The van der Waals surface area contributed by atoms with Crippen molar-refractivity contribution in [2.24, 2.45) is 0 Å². The van der Waals surface area contributed by atoms with Gasteiger partial charge in [0.15, 0.2) is 0 Å². The van der Waals surface area contributed by atoms with Gasteiger partial charge in [-0.3, -0.25) is 9.89 Å². The van der Waals surface area contributed by atoms with E-state index < -0.39 is 0 Å². The zero-order chi connectivity index (χ0) is 11.8. The molecule has 2 N–H and O–H groups in total. The summed E-state index contributed by atoms with van der Waals surface area (Å²) in [7, 11) is 0. The van der Waals surface area contributed by atoms with Crippen molar-refractivity contribution in [1.29, 1.82) is 0 Å². The van der Waals surface area contributed by atoms with Gasteiger partial charge in [0.1, 0.15) is 5.82 Å². The van der Waals surface area contributed by atoms with E-state index in [1.54, 1.807) is 6.92 Å². The first-order chi connectivity index (χ1) is 8.24. The van der Waals surface area contributed by atoms with Crippen LogP contribution in [-0.2, 0) is 0 Å². The molecule has 0 bridgehead atoms. The Hall–Kier alpha value is -1.69. The van der Waals surface area contributed by atoms with Crippen molar-refractivity contribution in [3.8, 4) is 0 Å². The highest BCUT2D eigenvalue weighted by Crippen LogP contribution is 2.21. The van der Waals surface area contributed by atoms with Crippen LogP contribution >= 0.6 is 0 Å². The lowest BCUT2D eigenvalue weighted by molar-refractivity contribution is 0.445. The van der Waals surface area contributed by atoms with E-state index in [4.69, 9.17) is 0 Å². The van der Waals surface area contributed by atoms with Gasteiger partial charge in [-0.2, -0.15) is 9.50 Å². The van der Waals surface area contributed by atoms with Gasteiger partial charge in [-0.05, 0) is 32.9 Å². The second kappa shape index (κ2) is 3.96. The summed E-state index contributed by atoms with van der Waals surface area (Å²) in [5, 5.41) is 6.38. The maximum atomic E-state index is 11.7. The summed E-state index contributed by atoms with van der Waals surface area (Å²) in [5.41, 5.74) is 0.610. The van der Waals surface area contributed by atoms with Gasteiger partial charge >= 0.3 is 0 Å². The van der Waals surface area contributed by atoms with E-state index in [1.807, 2.05) is 0 Å². The predicted octanol–water partition coefficient (Wildman–Crippen LogP) is 0.193. The highest BCUT2D eigenvalue weighted by atomic mass is 16.1. The number of hydrogen-bond donors (Lipinski definition) is 2. The summed E-state index contributed by atoms with van der Waals surface area (Å²) >= 11 is 0. The third-order valence-corrected chi connectivity index (χ3v) is 3.20. The second-order valence-corrected chi connectivity index (χ2v) is 4.50. The smallest absolute Gasteiger partial charge is 0.274 e. The molecule has 3 rings (SSSR count). The van der Waals surface area contributed by atoms with E-state index in [-0.39, 0.29) is 5.56 Å². The Kier molecular flexibility index (Phi) is 2.44. The Morgan fingerprint density at radius 3 is 2.88 bits per heavy atom. The molecule has 3 heterocycles. The van der Waals surface area contributed by atoms with Crippen LogP contribution in [0.3, 0.4) is 0 Å². The molecule has 0 aromatic carbocycles. The van der Waals surface area contributed by atoms with E-state index in [0.29, 0.717) is 17.4 Å². The van der Waals surface area contributed by atoms with Gasteiger partial charge in [0.05, 0.1) is 0 Å². The number of nitrogens with one attached hydrogen (secondary N) is 2. The van der Waals surface area contributed by atoms with Gasteiger partial charge in [0.25, 0.3) is 11.3 Å². The summed E-state index contributed by atoms with van der Waals surface area (Å²) in [4.78, 5) is 20.4. The highest BCUT2D eigenvalue weighted by molar-refractivity contribution is 5.28. The third kappa shape index (κ3) is 1.84. The van der Waals surface area contributed by atoms with Crippen LogP contribution in [-0.4, -0.2) is 32.7 Å². The van der Waals surface area contributed by atoms with Crippen molar-refractivity contribution in [1.82, 2.24) is 24.9 Å². The number of aryl methyl sites for hydroxylation is 1. The van der Waals surface area contributed by atoms with Crippen LogP contribution in [0.2, 0.25) is 0 Å². The molecule has 0 radical (unpaired) electrons. The molecule has 1 saturated heterocycles. The van der Waals surface area contributed by atoms with E-state index in [0.717, 1.165) is 31.8 Å². The third-order valence-electron chi connectivity index (χ3n) is 3.20. The molecule has 1 aliphatic heterocycles. The number of H-pyrrole nitrogens is 1. The van der Waals surface area contributed by atoms with Gasteiger partial charge in [0, 0.05) is 17.7 Å². The lowest BCUT2D eigenvalue weighted by atomic mass is 9.98. The normalized spacial score (nSPS) is 17.7. The van der Waals surface area contributed by atoms with E-state index in [2.05, 4.69) is 20.4 Å². The molecular weight excluding hydrogens is 218 g/mol. The van der Waals surface area contributed by atoms with Gasteiger partial charge < -0.3 is 5.32 Å². The van der Waals surface area contributed by atoms with Crippen LogP contribution in [0.25, 0.3) is 5.78 Å². The molecule has 2 aromatic heterocycles. The van der Waals surface area contributed by atoms with Crippen molar-refractivity contribution >= 4 is 5.78 Å². The minimum atomic E-state index is -0.0971. The van der Waals surface area contributed by atoms with Crippen molar-refractivity contribution in [3.63, 3.8) is 0 Å². The van der Waals surface area contributed by atoms with Crippen molar-refractivity contribution in [3.05, 3.63) is 27.9 Å². The highest BCUT2D eigenvalue weighted by Gasteiger charge is 2.19. The molecule has 1 fully saturated rings. The van der Waals surface area contributed by atoms with E-state index >= 15 is 0 Å². The standard InChI is InChI=1S/C11H15N5O/c1-7-6-9(17)16-11(13-7)14-10(15-16)8-2-4-12-5-3-8/h6,8,12H,2-5H2,1H3,(H,13,14,15). The van der Waals surface area contributed by atoms with Crippen LogP contribution in [0.15, 0.2) is 10.9 Å². The lowest BCUT2D eigenvalue weighted by Crippen LogP contribution is -2.27. The van der Waals surface area contributed by atoms with Gasteiger partial charge in [-0.25, -0.2) is 4.98 Å². The van der Waals surface area contributed by atoms with Crippen LogP contribution < -0.4 is 10.9 Å². The number of fused-ring (bicyclic) bond motifs is 1. The summed E-state index contributed by atoms with van der Waals surface area (Å²) in [6.07, 6.45) is 2.10. The summed E-state index contributed by atoms with van der Waals surface area (Å²) in [6, 6.07) is 1.51. The first-order valence-electron chi connectivity index (χ1n) is 5.91. The number of nitrogens with zero attached hydrogens (tertiary/aromatic N) is 3. The molecular formula is C11H15N5O. The largest absolute Gasteiger partial charge is 0.317 e. The zero-order valence-corrected chi connectivity index (χ0v) is 9.73. The average molecular weight is 233 g/mol. The molecule has 1 aliphatic rings. The molecule has 0 spiro atoms. The van der Waals surface area contributed by atoms with Crippen LogP contribution in [0, 0.1) is 6.92 Å². The fraction of sp³-hybridized carbons (Fsp3) is 0.545. The molecule has 17 heavy (non-hydrogen) atoms. The molecule has 6 nitrogen and oxygen atoms in total. The summed E-state index contributed by atoms with van der Waals surface area (Å²) in [6.45, 7) is 3.81. The first-order valence-corrected chi connectivity index (χ1v) is 5.91. The Morgan fingerprint density at radius 1 is 1.35 bits per heavy atom. The predicted molar refractivity (Wildman–Crippen MR) is 63.2 cm³/mol.